The van der Waals surface area contributed by atoms with Gasteiger partial charge in [-0.1, -0.05) is 23.2 Å². The predicted molar refractivity (Wildman–Crippen MR) is 42.4 cm³/mol. The standard InChI is InChI=1S/C6HCl2F3N2O/c7-3-2(1-14)4(8)13-5(12-3)6(9,10)11/h1H. The number of aromatic nitrogens is 2. The molecular weight excluding hydrogens is 244 g/mol. The summed E-state index contributed by atoms with van der Waals surface area (Å²) < 4.78 is 36.2. The van der Waals surface area contributed by atoms with Gasteiger partial charge in [-0.15, -0.1) is 0 Å². The van der Waals surface area contributed by atoms with Gasteiger partial charge in [0.05, 0.1) is 5.56 Å². The van der Waals surface area contributed by atoms with E-state index in [1.54, 1.807) is 0 Å². The number of carbonyl (C=O) groups excluding carboxylic acids is 1. The van der Waals surface area contributed by atoms with Gasteiger partial charge in [-0.05, 0) is 0 Å². The minimum atomic E-state index is -4.74. The molecule has 0 N–H and O–H groups in total. The second kappa shape index (κ2) is 3.70. The van der Waals surface area contributed by atoms with Crippen LogP contribution in [0.15, 0.2) is 0 Å². The highest BCUT2D eigenvalue weighted by molar-refractivity contribution is 6.36. The molecule has 0 amide bonds. The van der Waals surface area contributed by atoms with E-state index in [9.17, 15) is 18.0 Å². The molecule has 0 radical (unpaired) electrons. The van der Waals surface area contributed by atoms with E-state index in [1.807, 2.05) is 0 Å². The smallest absolute Gasteiger partial charge is 0.298 e. The van der Waals surface area contributed by atoms with Crippen LogP contribution in [-0.4, -0.2) is 16.3 Å². The number of carbonyl (C=O) groups is 1. The fourth-order valence-electron chi connectivity index (χ4n) is 0.641. The second-order valence-corrected chi connectivity index (χ2v) is 2.87. The summed E-state index contributed by atoms with van der Waals surface area (Å²) in [5, 5.41) is -1.24. The fourth-order valence-corrected chi connectivity index (χ4v) is 1.12. The van der Waals surface area contributed by atoms with Crippen LogP contribution in [0.1, 0.15) is 16.2 Å². The molecule has 76 valence electrons. The maximum atomic E-state index is 12.1. The zero-order chi connectivity index (χ0) is 10.9. The van der Waals surface area contributed by atoms with Crippen LogP contribution >= 0.6 is 23.2 Å². The molecule has 3 nitrogen and oxygen atoms in total. The number of rotatable bonds is 1. The Bertz CT molecular complexity index is 357. The highest BCUT2D eigenvalue weighted by Crippen LogP contribution is 2.29. The summed E-state index contributed by atoms with van der Waals surface area (Å²) in [7, 11) is 0. The molecule has 0 spiro atoms. The Labute approximate surface area is 85.9 Å². The first-order valence-electron chi connectivity index (χ1n) is 3.11. The van der Waals surface area contributed by atoms with Crippen molar-refractivity contribution in [2.24, 2.45) is 0 Å². The SMILES string of the molecule is O=Cc1c(Cl)nc(C(F)(F)F)nc1Cl. The Morgan fingerprint density at radius 3 is 1.86 bits per heavy atom. The van der Waals surface area contributed by atoms with Gasteiger partial charge in [0.25, 0.3) is 0 Å². The molecular formula is C6HCl2F3N2O. The van der Waals surface area contributed by atoms with E-state index in [4.69, 9.17) is 23.2 Å². The second-order valence-electron chi connectivity index (χ2n) is 2.16. The van der Waals surface area contributed by atoms with Gasteiger partial charge in [0, 0.05) is 0 Å². The summed E-state index contributed by atoms with van der Waals surface area (Å²) in [6, 6.07) is 0. The van der Waals surface area contributed by atoms with Crippen LogP contribution in [0.4, 0.5) is 13.2 Å². The quantitative estimate of drug-likeness (QED) is 0.564. The summed E-state index contributed by atoms with van der Waals surface area (Å²) >= 11 is 10.5. The molecule has 0 fully saturated rings. The van der Waals surface area contributed by atoms with E-state index >= 15 is 0 Å². The maximum absolute atomic E-state index is 12.1. The summed E-state index contributed by atoms with van der Waals surface area (Å²) in [5.41, 5.74) is -0.360. The molecule has 14 heavy (non-hydrogen) atoms. The van der Waals surface area contributed by atoms with Crippen LogP contribution in [0.5, 0.6) is 0 Å². The Hall–Kier alpha value is -0.880. The lowest BCUT2D eigenvalue weighted by Gasteiger charge is -2.06. The van der Waals surface area contributed by atoms with Gasteiger partial charge in [0.15, 0.2) is 6.29 Å². The topological polar surface area (TPSA) is 42.9 Å². The molecule has 0 saturated heterocycles. The molecule has 1 heterocycles. The van der Waals surface area contributed by atoms with Crippen molar-refractivity contribution in [2.45, 2.75) is 6.18 Å². The maximum Gasteiger partial charge on any atom is 0.451 e. The van der Waals surface area contributed by atoms with Gasteiger partial charge in [0.1, 0.15) is 10.3 Å². The van der Waals surface area contributed by atoms with Gasteiger partial charge in [-0.2, -0.15) is 13.2 Å². The fraction of sp³-hybridized carbons (Fsp3) is 0.167. The highest BCUT2D eigenvalue weighted by Gasteiger charge is 2.36. The Balaban J connectivity index is 3.35. The van der Waals surface area contributed by atoms with Crippen molar-refractivity contribution in [3.8, 4) is 0 Å². The van der Waals surface area contributed by atoms with Crippen molar-refractivity contribution in [1.82, 2.24) is 9.97 Å². The number of aldehydes is 1. The zero-order valence-electron chi connectivity index (χ0n) is 6.27. The Morgan fingerprint density at radius 2 is 1.57 bits per heavy atom. The summed E-state index contributed by atoms with van der Waals surface area (Å²) in [5.74, 6) is -1.47. The summed E-state index contributed by atoms with van der Waals surface area (Å²) in [6.45, 7) is 0. The van der Waals surface area contributed by atoms with Gasteiger partial charge in [-0.3, -0.25) is 4.79 Å². The Morgan fingerprint density at radius 1 is 1.14 bits per heavy atom. The van der Waals surface area contributed by atoms with E-state index in [1.165, 1.54) is 0 Å². The molecule has 0 aliphatic rings. The van der Waals surface area contributed by atoms with Crippen LogP contribution in [-0.2, 0) is 6.18 Å². The number of nitrogens with zero attached hydrogens (tertiary/aromatic N) is 2. The molecule has 0 bridgehead atoms. The largest absolute Gasteiger partial charge is 0.451 e. The van der Waals surface area contributed by atoms with Crippen LogP contribution in [0, 0.1) is 0 Å². The molecule has 1 aromatic rings. The lowest BCUT2D eigenvalue weighted by atomic mass is 10.4. The van der Waals surface area contributed by atoms with E-state index < -0.39 is 22.3 Å². The van der Waals surface area contributed by atoms with Crippen molar-refractivity contribution in [1.29, 1.82) is 0 Å². The Kier molecular flexibility index (Phi) is 2.96. The van der Waals surface area contributed by atoms with Gasteiger partial charge >= 0.3 is 6.18 Å². The van der Waals surface area contributed by atoms with Crippen molar-refractivity contribution < 1.29 is 18.0 Å². The molecule has 0 aliphatic heterocycles. The highest BCUT2D eigenvalue weighted by atomic mass is 35.5. The first kappa shape index (κ1) is 11.2. The van der Waals surface area contributed by atoms with E-state index in [-0.39, 0.29) is 11.8 Å². The first-order chi connectivity index (χ1) is 6.36. The van der Waals surface area contributed by atoms with E-state index in [0.29, 0.717) is 0 Å². The number of halogens is 5. The predicted octanol–water partition coefficient (Wildman–Crippen LogP) is 2.61. The number of hydrogen-bond donors (Lipinski definition) is 0. The van der Waals surface area contributed by atoms with Gasteiger partial charge in [0.2, 0.25) is 5.82 Å². The lowest BCUT2D eigenvalue weighted by Crippen LogP contribution is -2.12. The molecule has 0 aromatic carbocycles. The lowest BCUT2D eigenvalue weighted by molar-refractivity contribution is -0.145. The minimum absolute atomic E-state index is 0.185. The third-order valence-electron chi connectivity index (χ3n) is 1.22. The molecule has 0 unspecified atom stereocenters. The molecule has 1 rings (SSSR count). The minimum Gasteiger partial charge on any atom is -0.298 e. The molecule has 0 aliphatic carbocycles. The van der Waals surface area contributed by atoms with Crippen LogP contribution in [0.3, 0.4) is 0 Å². The third kappa shape index (κ3) is 2.13. The van der Waals surface area contributed by atoms with Crippen molar-refractivity contribution in [2.75, 3.05) is 0 Å². The molecule has 0 saturated carbocycles. The van der Waals surface area contributed by atoms with Crippen LogP contribution < -0.4 is 0 Å². The van der Waals surface area contributed by atoms with Gasteiger partial charge in [-0.25, -0.2) is 9.97 Å². The summed E-state index contributed by atoms with van der Waals surface area (Å²) in [4.78, 5) is 16.1. The third-order valence-corrected chi connectivity index (χ3v) is 1.80. The van der Waals surface area contributed by atoms with Gasteiger partial charge < -0.3 is 0 Å². The van der Waals surface area contributed by atoms with Crippen LogP contribution in [0.25, 0.3) is 0 Å². The molecule has 0 atom stereocenters. The first-order valence-corrected chi connectivity index (χ1v) is 3.87. The van der Waals surface area contributed by atoms with E-state index in [2.05, 4.69) is 9.97 Å². The average Bonchev–Trinajstić information content (AvgIpc) is 2.01. The number of hydrogen-bond acceptors (Lipinski definition) is 3. The summed E-state index contributed by atoms with van der Waals surface area (Å²) in [6.07, 6.45) is -4.56. The van der Waals surface area contributed by atoms with Crippen molar-refractivity contribution in [3.05, 3.63) is 21.7 Å². The number of alkyl halides is 3. The van der Waals surface area contributed by atoms with Crippen LogP contribution in [0.2, 0.25) is 10.3 Å². The average molecular weight is 245 g/mol. The zero-order valence-corrected chi connectivity index (χ0v) is 7.78. The monoisotopic (exact) mass is 244 g/mol. The normalized spacial score (nSPS) is 11.5. The van der Waals surface area contributed by atoms with E-state index in [0.717, 1.165) is 0 Å². The molecule has 1 aromatic heterocycles. The van der Waals surface area contributed by atoms with Crippen molar-refractivity contribution >= 4 is 29.5 Å². The van der Waals surface area contributed by atoms with Crippen molar-refractivity contribution in [3.63, 3.8) is 0 Å². The molecule has 8 heteroatoms.